The van der Waals surface area contributed by atoms with Crippen LogP contribution in [0.2, 0.25) is 5.15 Å². The fraction of sp³-hybridized carbons (Fsp3) is 0.615. The van der Waals surface area contributed by atoms with Crippen molar-refractivity contribution < 1.29 is 13.2 Å². The van der Waals surface area contributed by atoms with Crippen molar-refractivity contribution in [2.45, 2.75) is 32.5 Å². The zero-order valence-electron chi connectivity index (χ0n) is 11.8. The first-order chi connectivity index (χ1) is 9.20. The monoisotopic (exact) mass is 309 g/mol. The van der Waals surface area contributed by atoms with E-state index in [0.717, 1.165) is 25.1 Å². The van der Waals surface area contributed by atoms with Crippen LogP contribution >= 0.6 is 11.6 Å². The maximum atomic E-state index is 12.6. The molecule has 1 heterocycles. The third-order valence-corrected chi connectivity index (χ3v) is 3.19. The van der Waals surface area contributed by atoms with E-state index < -0.39 is 11.7 Å². The Morgan fingerprint density at radius 2 is 2.00 bits per heavy atom. The van der Waals surface area contributed by atoms with Crippen LogP contribution in [-0.4, -0.2) is 36.1 Å². The molecule has 0 amide bonds. The molecule has 0 radical (unpaired) electrons. The van der Waals surface area contributed by atoms with Gasteiger partial charge in [0.1, 0.15) is 11.0 Å². The predicted molar refractivity (Wildman–Crippen MR) is 75.1 cm³/mol. The molecule has 1 aromatic heterocycles. The van der Waals surface area contributed by atoms with Crippen LogP contribution in [0.4, 0.5) is 19.0 Å². The number of pyridine rings is 1. The number of alkyl halides is 3. The molecule has 0 aromatic carbocycles. The standard InChI is InChI=1S/C13H19ClF3N3/c1-9(2)20(3)6-4-5-18-12-8-10(13(15,16)17)7-11(14)19-12/h7-9H,4-6H2,1-3H3,(H,18,19). The lowest BCUT2D eigenvalue weighted by molar-refractivity contribution is -0.137. The molecular weight excluding hydrogens is 291 g/mol. The molecule has 0 saturated heterocycles. The van der Waals surface area contributed by atoms with E-state index >= 15 is 0 Å². The average molecular weight is 310 g/mol. The maximum absolute atomic E-state index is 12.6. The molecule has 0 bridgehead atoms. The number of anilines is 1. The molecule has 1 aromatic rings. The van der Waals surface area contributed by atoms with Crippen LogP contribution in [0.25, 0.3) is 0 Å². The first kappa shape index (κ1) is 17.0. The number of halogens is 4. The highest BCUT2D eigenvalue weighted by atomic mass is 35.5. The Labute approximate surface area is 122 Å². The second kappa shape index (κ2) is 7.13. The van der Waals surface area contributed by atoms with Crippen molar-refractivity contribution in [1.82, 2.24) is 9.88 Å². The van der Waals surface area contributed by atoms with Gasteiger partial charge in [-0.15, -0.1) is 0 Å². The minimum Gasteiger partial charge on any atom is -0.370 e. The number of hydrogen-bond acceptors (Lipinski definition) is 3. The van der Waals surface area contributed by atoms with Crippen LogP contribution < -0.4 is 5.32 Å². The maximum Gasteiger partial charge on any atom is 0.416 e. The Bertz CT molecular complexity index is 435. The topological polar surface area (TPSA) is 28.2 Å². The molecular formula is C13H19ClF3N3. The van der Waals surface area contributed by atoms with E-state index in [1.807, 2.05) is 7.05 Å². The second-order valence-electron chi connectivity index (χ2n) is 4.92. The number of hydrogen-bond donors (Lipinski definition) is 1. The van der Waals surface area contributed by atoms with Crippen LogP contribution in [0.5, 0.6) is 0 Å². The van der Waals surface area contributed by atoms with Gasteiger partial charge in [0.05, 0.1) is 5.56 Å². The van der Waals surface area contributed by atoms with Crippen molar-refractivity contribution in [3.05, 3.63) is 22.8 Å². The summed E-state index contributed by atoms with van der Waals surface area (Å²) in [7, 11) is 2.00. The molecule has 7 heteroatoms. The Balaban J connectivity index is 2.54. The minimum atomic E-state index is -4.42. The summed E-state index contributed by atoms with van der Waals surface area (Å²) in [6.07, 6.45) is -3.61. The lowest BCUT2D eigenvalue weighted by Gasteiger charge is -2.20. The lowest BCUT2D eigenvalue weighted by Crippen LogP contribution is -2.28. The van der Waals surface area contributed by atoms with Gasteiger partial charge in [0, 0.05) is 12.6 Å². The van der Waals surface area contributed by atoms with Crippen molar-refractivity contribution in [3.63, 3.8) is 0 Å². The van der Waals surface area contributed by atoms with E-state index in [0.29, 0.717) is 12.6 Å². The lowest BCUT2D eigenvalue weighted by atomic mass is 10.2. The van der Waals surface area contributed by atoms with Crippen LogP contribution in [0, 0.1) is 0 Å². The van der Waals surface area contributed by atoms with Gasteiger partial charge in [0.25, 0.3) is 0 Å². The molecule has 0 aliphatic carbocycles. The van der Waals surface area contributed by atoms with Crippen molar-refractivity contribution >= 4 is 17.4 Å². The van der Waals surface area contributed by atoms with E-state index in [2.05, 4.69) is 29.0 Å². The predicted octanol–water partition coefficient (Wildman–Crippen LogP) is 3.90. The van der Waals surface area contributed by atoms with E-state index in [9.17, 15) is 13.2 Å². The van der Waals surface area contributed by atoms with Crippen LogP contribution in [0.3, 0.4) is 0 Å². The second-order valence-corrected chi connectivity index (χ2v) is 5.30. The van der Waals surface area contributed by atoms with Gasteiger partial charge in [0.2, 0.25) is 0 Å². The summed E-state index contributed by atoms with van der Waals surface area (Å²) in [5.41, 5.74) is -0.792. The minimum absolute atomic E-state index is 0.150. The summed E-state index contributed by atoms with van der Waals surface area (Å²) >= 11 is 5.60. The van der Waals surface area contributed by atoms with Crippen molar-refractivity contribution in [3.8, 4) is 0 Å². The summed E-state index contributed by atoms with van der Waals surface area (Å²) in [5.74, 6) is 0.150. The summed E-state index contributed by atoms with van der Waals surface area (Å²) in [5, 5.41) is 2.70. The fourth-order valence-electron chi connectivity index (χ4n) is 1.55. The van der Waals surface area contributed by atoms with Gasteiger partial charge in [-0.05, 0) is 46.0 Å². The number of nitrogens with one attached hydrogen (secondary N) is 1. The van der Waals surface area contributed by atoms with Gasteiger partial charge in [-0.3, -0.25) is 0 Å². The summed E-state index contributed by atoms with van der Waals surface area (Å²) in [6, 6.07) is 2.23. The van der Waals surface area contributed by atoms with Crippen LogP contribution in [0.15, 0.2) is 12.1 Å². The smallest absolute Gasteiger partial charge is 0.370 e. The van der Waals surface area contributed by atoms with Gasteiger partial charge in [0.15, 0.2) is 0 Å². The van der Waals surface area contributed by atoms with E-state index in [1.165, 1.54) is 0 Å². The Kier molecular flexibility index (Phi) is 6.07. The highest BCUT2D eigenvalue weighted by molar-refractivity contribution is 6.29. The molecule has 1 N–H and O–H groups in total. The van der Waals surface area contributed by atoms with Crippen LogP contribution in [0.1, 0.15) is 25.8 Å². The van der Waals surface area contributed by atoms with Gasteiger partial charge >= 0.3 is 6.18 Å². The van der Waals surface area contributed by atoms with Crippen LogP contribution in [-0.2, 0) is 6.18 Å². The molecule has 20 heavy (non-hydrogen) atoms. The first-order valence-corrected chi connectivity index (χ1v) is 6.77. The SMILES string of the molecule is CC(C)N(C)CCCNc1cc(C(F)(F)F)cc(Cl)n1. The van der Waals surface area contributed by atoms with E-state index in [1.54, 1.807) is 0 Å². The molecule has 0 spiro atoms. The number of rotatable bonds is 6. The third-order valence-electron chi connectivity index (χ3n) is 3.00. The average Bonchev–Trinajstić information content (AvgIpc) is 2.32. The molecule has 0 unspecified atom stereocenters. The van der Waals surface area contributed by atoms with Gasteiger partial charge in [-0.1, -0.05) is 11.6 Å². The van der Waals surface area contributed by atoms with Gasteiger partial charge in [-0.25, -0.2) is 4.98 Å². The Morgan fingerprint density at radius 3 is 2.55 bits per heavy atom. The Hall–Kier alpha value is -1.01. The third kappa shape index (κ3) is 5.54. The molecule has 114 valence electrons. The normalized spacial score (nSPS) is 12.2. The molecule has 3 nitrogen and oxygen atoms in total. The molecule has 1 rings (SSSR count). The summed E-state index contributed by atoms with van der Waals surface area (Å²) in [4.78, 5) is 6.00. The van der Waals surface area contributed by atoms with E-state index in [4.69, 9.17) is 11.6 Å². The summed E-state index contributed by atoms with van der Waals surface area (Å²) < 4.78 is 37.8. The summed E-state index contributed by atoms with van der Waals surface area (Å²) in [6.45, 7) is 5.57. The molecule has 0 aliphatic rings. The highest BCUT2D eigenvalue weighted by Crippen LogP contribution is 2.31. The molecule has 0 saturated carbocycles. The molecule has 0 atom stereocenters. The number of nitrogens with zero attached hydrogens (tertiary/aromatic N) is 2. The zero-order valence-corrected chi connectivity index (χ0v) is 12.5. The zero-order chi connectivity index (χ0) is 15.3. The Morgan fingerprint density at radius 1 is 1.35 bits per heavy atom. The van der Waals surface area contributed by atoms with Gasteiger partial charge in [-0.2, -0.15) is 13.2 Å². The van der Waals surface area contributed by atoms with Crippen molar-refractivity contribution in [2.24, 2.45) is 0 Å². The first-order valence-electron chi connectivity index (χ1n) is 6.39. The fourth-order valence-corrected chi connectivity index (χ4v) is 1.76. The molecule has 0 fully saturated rings. The van der Waals surface area contributed by atoms with Crippen molar-refractivity contribution in [2.75, 3.05) is 25.5 Å². The van der Waals surface area contributed by atoms with Gasteiger partial charge < -0.3 is 10.2 Å². The molecule has 0 aliphatic heterocycles. The quantitative estimate of drug-likeness (QED) is 0.638. The highest BCUT2D eigenvalue weighted by Gasteiger charge is 2.31. The number of aromatic nitrogens is 1. The largest absolute Gasteiger partial charge is 0.416 e. The van der Waals surface area contributed by atoms with E-state index in [-0.39, 0.29) is 11.0 Å². The van der Waals surface area contributed by atoms with Crippen molar-refractivity contribution in [1.29, 1.82) is 0 Å².